The fourth-order valence-electron chi connectivity index (χ4n) is 10.4. The summed E-state index contributed by atoms with van der Waals surface area (Å²) in [6, 6.07) is 0. The van der Waals surface area contributed by atoms with Crippen LogP contribution in [0.1, 0.15) is 147 Å². The SMILES string of the molecule is C=C(C)C.CC.CC.CC1(C)C(=O)CC[C@@]2(C)C1CC[C@@]1(C)C3CC[C@@]4(C)CCC[C@@H]4[C@H]3CCC12. The standard InChI is InChI=1S/C26H42O.C4H8.2C2H6/c1-23(2)20-11-15-25(4)19-10-14-24(3)13-6-7-18(24)17(19)8-9-21(25)26(20,5)16-12-22(23)27;1-4(2)3;2*1-2/h17-21H,6-16H2,1-5H3;1H2,2-3H3;2*1-2H3/t17-,18-,19?,20?,21?,24-,25+,26+;;;/m1.../s1. The smallest absolute Gasteiger partial charge is 0.138 e. The summed E-state index contributed by atoms with van der Waals surface area (Å²) < 4.78 is 0. The van der Waals surface area contributed by atoms with Gasteiger partial charge in [0.05, 0.1) is 0 Å². The number of ketones is 1. The first-order valence-corrected chi connectivity index (χ1v) is 15.5. The summed E-state index contributed by atoms with van der Waals surface area (Å²) in [7, 11) is 0. The van der Waals surface area contributed by atoms with E-state index in [9.17, 15) is 4.79 Å². The van der Waals surface area contributed by atoms with Crippen molar-refractivity contribution < 1.29 is 4.79 Å². The topological polar surface area (TPSA) is 17.1 Å². The Morgan fingerprint density at radius 2 is 1.31 bits per heavy atom. The van der Waals surface area contributed by atoms with Gasteiger partial charge in [-0.25, -0.2) is 0 Å². The molecule has 5 aliphatic rings. The van der Waals surface area contributed by atoms with Crippen LogP contribution in [0.4, 0.5) is 0 Å². The molecule has 35 heavy (non-hydrogen) atoms. The molecule has 3 unspecified atom stereocenters. The number of hydrogen-bond acceptors (Lipinski definition) is 1. The highest BCUT2D eigenvalue weighted by Gasteiger charge is 2.65. The molecule has 0 spiro atoms. The Hall–Kier alpha value is -0.590. The van der Waals surface area contributed by atoms with Gasteiger partial charge in [-0.05, 0) is 117 Å². The maximum atomic E-state index is 12.7. The van der Waals surface area contributed by atoms with Crippen molar-refractivity contribution in [1.82, 2.24) is 0 Å². The van der Waals surface area contributed by atoms with Gasteiger partial charge < -0.3 is 0 Å². The molecule has 0 heterocycles. The van der Waals surface area contributed by atoms with E-state index in [-0.39, 0.29) is 5.41 Å². The summed E-state index contributed by atoms with van der Waals surface area (Å²) in [4.78, 5) is 12.7. The Balaban J connectivity index is 0.000000484. The number of hydrogen-bond donors (Lipinski definition) is 0. The summed E-state index contributed by atoms with van der Waals surface area (Å²) in [5, 5.41) is 0. The molecular weight excluding hydrogens is 424 g/mol. The predicted octanol–water partition coefficient (Wildman–Crippen LogP) is 10.7. The molecule has 0 N–H and O–H groups in total. The molecule has 204 valence electrons. The van der Waals surface area contributed by atoms with E-state index in [2.05, 4.69) is 41.2 Å². The predicted molar refractivity (Wildman–Crippen MR) is 155 cm³/mol. The first-order valence-electron chi connectivity index (χ1n) is 15.5. The van der Waals surface area contributed by atoms with E-state index in [1.54, 1.807) is 0 Å². The van der Waals surface area contributed by atoms with Gasteiger partial charge in [-0.15, -0.1) is 6.58 Å². The summed E-state index contributed by atoms with van der Waals surface area (Å²) in [6.45, 7) is 28.0. The van der Waals surface area contributed by atoms with Crippen LogP contribution in [-0.2, 0) is 4.79 Å². The van der Waals surface area contributed by atoms with Crippen LogP contribution in [0.25, 0.3) is 0 Å². The number of carbonyl (C=O) groups is 1. The summed E-state index contributed by atoms with van der Waals surface area (Å²) in [6.07, 6.45) is 15.1. The fraction of sp³-hybridized carbons (Fsp3) is 0.912. The first kappa shape index (κ1) is 30.6. The molecule has 8 atom stereocenters. The van der Waals surface area contributed by atoms with Crippen LogP contribution >= 0.6 is 0 Å². The van der Waals surface area contributed by atoms with Crippen molar-refractivity contribution in [2.75, 3.05) is 0 Å². The number of Topliss-reactive ketones (excluding diaryl/α,β-unsaturated/α-hetero) is 1. The van der Waals surface area contributed by atoms with E-state index < -0.39 is 0 Å². The lowest BCUT2D eigenvalue weighted by atomic mass is 9.36. The number of carbonyl (C=O) groups excluding carboxylic acids is 1. The number of fused-ring (bicyclic) bond motifs is 7. The molecule has 1 heteroatoms. The third kappa shape index (κ3) is 5.23. The highest BCUT2D eigenvalue weighted by molar-refractivity contribution is 5.85. The molecule has 5 fully saturated rings. The van der Waals surface area contributed by atoms with Crippen molar-refractivity contribution in [1.29, 1.82) is 0 Å². The van der Waals surface area contributed by atoms with Crippen molar-refractivity contribution in [3.05, 3.63) is 12.2 Å². The molecule has 0 aromatic rings. The zero-order valence-electron chi connectivity index (χ0n) is 25.8. The average molecular weight is 487 g/mol. The van der Waals surface area contributed by atoms with Crippen LogP contribution in [0.2, 0.25) is 0 Å². The van der Waals surface area contributed by atoms with Crippen molar-refractivity contribution in [2.45, 2.75) is 147 Å². The van der Waals surface area contributed by atoms with E-state index in [1.807, 2.05) is 41.5 Å². The second-order valence-electron chi connectivity index (χ2n) is 14.0. The zero-order valence-corrected chi connectivity index (χ0v) is 25.8. The molecule has 0 radical (unpaired) electrons. The maximum Gasteiger partial charge on any atom is 0.138 e. The van der Waals surface area contributed by atoms with Crippen LogP contribution in [0.3, 0.4) is 0 Å². The highest BCUT2D eigenvalue weighted by atomic mass is 16.1. The monoisotopic (exact) mass is 486 g/mol. The third-order valence-electron chi connectivity index (χ3n) is 11.7. The van der Waals surface area contributed by atoms with Gasteiger partial charge in [0.15, 0.2) is 0 Å². The van der Waals surface area contributed by atoms with E-state index in [4.69, 9.17) is 0 Å². The second kappa shape index (κ2) is 11.4. The second-order valence-corrected chi connectivity index (χ2v) is 14.0. The fourth-order valence-corrected chi connectivity index (χ4v) is 10.4. The summed E-state index contributed by atoms with van der Waals surface area (Å²) in [5.41, 5.74) is 2.67. The van der Waals surface area contributed by atoms with Crippen molar-refractivity contribution in [3.63, 3.8) is 0 Å². The van der Waals surface area contributed by atoms with Gasteiger partial charge in [0.1, 0.15) is 5.78 Å². The van der Waals surface area contributed by atoms with E-state index >= 15 is 0 Å². The van der Waals surface area contributed by atoms with Crippen LogP contribution in [-0.4, -0.2) is 5.78 Å². The van der Waals surface area contributed by atoms with Crippen molar-refractivity contribution >= 4 is 5.78 Å². The third-order valence-corrected chi connectivity index (χ3v) is 11.7. The highest BCUT2D eigenvalue weighted by Crippen LogP contribution is 2.72. The molecular formula is C34H62O. The van der Waals surface area contributed by atoms with Crippen LogP contribution in [0.5, 0.6) is 0 Å². The number of allylic oxidation sites excluding steroid dienone is 1. The normalized spacial score (nSPS) is 44.8. The molecule has 0 aromatic carbocycles. The molecule has 5 saturated carbocycles. The van der Waals surface area contributed by atoms with Crippen LogP contribution in [0, 0.1) is 51.2 Å². The van der Waals surface area contributed by atoms with Crippen molar-refractivity contribution in [2.24, 2.45) is 51.2 Å². The van der Waals surface area contributed by atoms with E-state index in [0.717, 1.165) is 30.1 Å². The van der Waals surface area contributed by atoms with Crippen LogP contribution < -0.4 is 0 Å². The lowest BCUT2D eigenvalue weighted by Gasteiger charge is -2.68. The van der Waals surface area contributed by atoms with Gasteiger partial charge in [-0.3, -0.25) is 4.79 Å². The quantitative estimate of drug-likeness (QED) is 0.311. The Labute approximate surface area is 220 Å². The molecule has 0 aromatic heterocycles. The lowest BCUT2D eigenvalue weighted by molar-refractivity contribution is -0.195. The molecule has 5 rings (SSSR count). The molecule has 1 nitrogen and oxygen atoms in total. The lowest BCUT2D eigenvalue weighted by Crippen LogP contribution is -2.62. The Morgan fingerprint density at radius 3 is 1.91 bits per heavy atom. The van der Waals surface area contributed by atoms with Gasteiger partial charge >= 0.3 is 0 Å². The Bertz CT molecular complexity index is 729. The first-order chi connectivity index (χ1) is 16.4. The molecule has 0 aliphatic heterocycles. The van der Waals surface area contributed by atoms with Gasteiger partial charge in [0, 0.05) is 11.8 Å². The number of rotatable bonds is 0. The van der Waals surface area contributed by atoms with E-state index in [1.165, 1.54) is 69.8 Å². The van der Waals surface area contributed by atoms with Gasteiger partial charge in [0.2, 0.25) is 0 Å². The van der Waals surface area contributed by atoms with Gasteiger partial charge in [-0.2, -0.15) is 0 Å². The van der Waals surface area contributed by atoms with Crippen molar-refractivity contribution in [3.8, 4) is 0 Å². The summed E-state index contributed by atoms with van der Waals surface area (Å²) >= 11 is 0. The van der Waals surface area contributed by atoms with Gasteiger partial charge in [0.25, 0.3) is 0 Å². The minimum absolute atomic E-state index is 0.0955. The van der Waals surface area contributed by atoms with Crippen LogP contribution in [0.15, 0.2) is 12.2 Å². The molecule has 5 aliphatic carbocycles. The Kier molecular flexibility index (Phi) is 10.0. The molecule has 0 amide bonds. The summed E-state index contributed by atoms with van der Waals surface area (Å²) in [5.74, 6) is 4.99. The Morgan fingerprint density at radius 1 is 0.714 bits per heavy atom. The molecule has 0 saturated heterocycles. The largest absolute Gasteiger partial charge is 0.299 e. The van der Waals surface area contributed by atoms with E-state index in [0.29, 0.717) is 27.9 Å². The molecule has 0 bridgehead atoms. The maximum absolute atomic E-state index is 12.7. The van der Waals surface area contributed by atoms with Gasteiger partial charge in [-0.1, -0.05) is 74.3 Å². The minimum atomic E-state index is -0.0955. The zero-order chi connectivity index (χ0) is 26.8. The average Bonchev–Trinajstić information content (AvgIpc) is 3.21. The minimum Gasteiger partial charge on any atom is -0.299 e.